The molecule has 54 valence electrons. The van der Waals surface area contributed by atoms with Crippen molar-refractivity contribution in [3.05, 3.63) is 0 Å². The van der Waals surface area contributed by atoms with Gasteiger partial charge in [-0.3, -0.25) is 0 Å². The highest BCUT2D eigenvalue weighted by Crippen LogP contribution is 1.88. The van der Waals surface area contributed by atoms with Crippen molar-refractivity contribution in [2.75, 3.05) is 0 Å². The first-order chi connectivity index (χ1) is 4.04. The number of carbonyl (C=O) groups excluding carboxylic acids is 1. The van der Waals surface area contributed by atoms with E-state index < -0.39 is 18.5 Å². The lowest BCUT2D eigenvalue weighted by molar-refractivity contribution is -0.235. The smallest absolute Gasteiger partial charge is 0.338 e. The van der Waals surface area contributed by atoms with Crippen LogP contribution in [0.2, 0.25) is 0 Å². The molecule has 5 heteroatoms. The van der Waals surface area contributed by atoms with Crippen molar-refractivity contribution in [2.24, 2.45) is 0 Å². The number of esters is 1. The molecule has 0 aliphatic heterocycles. The molecular weight excluding hydrogens is 128 g/mol. The number of hydrogen-bond donors (Lipinski definition) is 3. The molecule has 9 heavy (non-hydrogen) atoms. The molecule has 0 bridgehead atoms. The van der Waals surface area contributed by atoms with E-state index in [-0.39, 0.29) is 0 Å². The zero-order valence-corrected chi connectivity index (χ0v) is 4.81. The maximum absolute atomic E-state index is 10.2. The molecule has 0 heterocycles. The second-order valence-corrected chi connectivity index (χ2v) is 1.44. The van der Waals surface area contributed by atoms with Crippen LogP contribution in [0.4, 0.5) is 0 Å². The van der Waals surface area contributed by atoms with Crippen LogP contribution < -0.4 is 0 Å². The fraction of sp³-hybridized carbons (Fsp3) is 0.750. The van der Waals surface area contributed by atoms with E-state index in [4.69, 9.17) is 15.3 Å². The van der Waals surface area contributed by atoms with E-state index in [9.17, 15) is 4.79 Å². The number of hydrogen-bond acceptors (Lipinski definition) is 5. The standard InChI is InChI=1S/C4H8O5/c1-2(5)3(6)9-4(7)8/h2,4-5,7-8H,1H3. The van der Waals surface area contributed by atoms with Gasteiger partial charge in [-0.2, -0.15) is 0 Å². The molecule has 1 atom stereocenters. The summed E-state index contributed by atoms with van der Waals surface area (Å²) < 4.78 is 3.73. The average Bonchev–Trinajstić information content (AvgIpc) is 1.63. The van der Waals surface area contributed by atoms with Crippen LogP contribution >= 0.6 is 0 Å². The second-order valence-electron chi connectivity index (χ2n) is 1.44. The first kappa shape index (κ1) is 8.35. The van der Waals surface area contributed by atoms with Gasteiger partial charge in [0.15, 0.2) is 0 Å². The summed E-state index contributed by atoms with van der Waals surface area (Å²) in [5.74, 6) is -1.06. The number of aliphatic hydroxyl groups excluding tert-OH is 2. The van der Waals surface area contributed by atoms with E-state index >= 15 is 0 Å². The van der Waals surface area contributed by atoms with Crippen molar-refractivity contribution in [3.8, 4) is 0 Å². The average molecular weight is 136 g/mol. The Bertz CT molecular complexity index is 97.1. The van der Waals surface area contributed by atoms with Gasteiger partial charge in [0.25, 0.3) is 0 Å². The van der Waals surface area contributed by atoms with E-state index in [1.54, 1.807) is 0 Å². The lowest BCUT2D eigenvalue weighted by Crippen LogP contribution is -2.25. The molecule has 0 aromatic rings. The predicted molar refractivity (Wildman–Crippen MR) is 26.0 cm³/mol. The third-order valence-corrected chi connectivity index (χ3v) is 0.563. The molecule has 0 amide bonds. The third-order valence-electron chi connectivity index (χ3n) is 0.563. The van der Waals surface area contributed by atoms with Gasteiger partial charge in [0.1, 0.15) is 6.10 Å². The molecule has 3 N–H and O–H groups in total. The van der Waals surface area contributed by atoms with Gasteiger partial charge in [0.2, 0.25) is 0 Å². The largest absolute Gasteiger partial charge is 0.409 e. The zero-order valence-electron chi connectivity index (χ0n) is 4.81. The zero-order chi connectivity index (χ0) is 7.44. The van der Waals surface area contributed by atoms with E-state index in [0.29, 0.717) is 0 Å². The van der Waals surface area contributed by atoms with Crippen molar-refractivity contribution in [1.29, 1.82) is 0 Å². The molecule has 0 rings (SSSR count). The maximum atomic E-state index is 10.2. The second kappa shape index (κ2) is 3.39. The Hall–Kier alpha value is -0.650. The van der Waals surface area contributed by atoms with Crippen molar-refractivity contribution in [2.45, 2.75) is 19.5 Å². The summed E-state index contributed by atoms with van der Waals surface area (Å²) >= 11 is 0. The maximum Gasteiger partial charge on any atom is 0.338 e. The quantitative estimate of drug-likeness (QED) is 0.307. The van der Waals surface area contributed by atoms with E-state index in [1.807, 2.05) is 0 Å². The summed E-state index contributed by atoms with van der Waals surface area (Å²) in [6.45, 7) is -0.989. The molecule has 0 spiro atoms. The van der Waals surface area contributed by atoms with Crippen LogP contribution in [0.1, 0.15) is 6.92 Å². The van der Waals surface area contributed by atoms with Crippen molar-refractivity contribution in [3.63, 3.8) is 0 Å². The van der Waals surface area contributed by atoms with Crippen LogP contribution in [0.25, 0.3) is 0 Å². The van der Waals surface area contributed by atoms with Crippen LogP contribution in [0.3, 0.4) is 0 Å². The van der Waals surface area contributed by atoms with Crippen LogP contribution in [0, 0.1) is 0 Å². The molecule has 5 nitrogen and oxygen atoms in total. The summed E-state index contributed by atoms with van der Waals surface area (Å²) in [6, 6.07) is 0. The van der Waals surface area contributed by atoms with E-state index in [1.165, 1.54) is 0 Å². The third kappa shape index (κ3) is 3.89. The van der Waals surface area contributed by atoms with Crippen molar-refractivity contribution in [1.82, 2.24) is 0 Å². The fourth-order valence-electron chi connectivity index (χ4n) is 0.202. The number of carbonyl (C=O) groups is 1. The van der Waals surface area contributed by atoms with Gasteiger partial charge < -0.3 is 20.1 Å². The van der Waals surface area contributed by atoms with Gasteiger partial charge in [-0.15, -0.1) is 0 Å². The van der Waals surface area contributed by atoms with Gasteiger partial charge in [-0.05, 0) is 6.92 Å². The molecule has 0 aromatic carbocycles. The summed E-state index contributed by atoms with van der Waals surface area (Å²) in [6.07, 6.45) is -1.33. The Labute approximate surface area is 51.5 Å². The Balaban J connectivity index is 3.51. The molecule has 0 saturated carbocycles. The Morgan fingerprint density at radius 3 is 2.00 bits per heavy atom. The normalized spacial score (nSPS) is 13.4. The topological polar surface area (TPSA) is 87.0 Å². The van der Waals surface area contributed by atoms with E-state index in [0.717, 1.165) is 6.92 Å². The lowest BCUT2D eigenvalue weighted by atomic mass is 10.4. The van der Waals surface area contributed by atoms with Gasteiger partial charge in [-0.1, -0.05) is 0 Å². The molecule has 0 saturated heterocycles. The first-order valence-electron chi connectivity index (χ1n) is 2.28. The van der Waals surface area contributed by atoms with Crippen LogP contribution in [0.15, 0.2) is 0 Å². The fourth-order valence-corrected chi connectivity index (χ4v) is 0.202. The number of rotatable bonds is 2. The van der Waals surface area contributed by atoms with Crippen molar-refractivity contribution < 1.29 is 24.9 Å². The monoisotopic (exact) mass is 136 g/mol. The molecular formula is C4H8O5. The van der Waals surface area contributed by atoms with Gasteiger partial charge in [-0.25, -0.2) is 4.79 Å². The summed E-state index contributed by atoms with van der Waals surface area (Å²) in [5.41, 5.74) is 0. The van der Waals surface area contributed by atoms with E-state index in [2.05, 4.69) is 4.74 Å². The minimum absolute atomic E-state index is 1.06. The Kier molecular flexibility index (Phi) is 3.15. The van der Waals surface area contributed by atoms with Crippen LogP contribution in [-0.2, 0) is 9.53 Å². The number of ether oxygens (including phenoxy) is 1. The predicted octanol–water partition coefficient (Wildman–Crippen LogP) is -1.82. The molecule has 0 fully saturated rings. The highest BCUT2D eigenvalue weighted by molar-refractivity contribution is 5.73. The summed E-state index contributed by atoms with van der Waals surface area (Å²) in [7, 11) is 0. The van der Waals surface area contributed by atoms with Gasteiger partial charge >= 0.3 is 12.4 Å². The van der Waals surface area contributed by atoms with Gasteiger partial charge in [0.05, 0.1) is 0 Å². The highest BCUT2D eigenvalue weighted by Gasteiger charge is 2.12. The van der Waals surface area contributed by atoms with Crippen LogP contribution in [-0.4, -0.2) is 33.9 Å². The minimum atomic E-state index is -2.15. The molecule has 0 aliphatic carbocycles. The van der Waals surface area contributed by atoms with Crippen molar-refractivity contribution >= 4 is 5.97 Å². The summed E-state index contributed by atoms with van der Waals surface area (Å²) in [5, 5.41) is 24.3. The molecule has 1 unspecified atom stereocenters. The van der Waals surface area contributed by atoms with Crippen LogP contribution in [0.5, 0.6) is 0 Å². The summed E-state index contributed by atoms with van der Waals surface area (Å²) in [4.78, 5) is 10.2. The first-order valence-corrected chi connectivity index (χ1v) is 2.28. The SMILES string of the molecule is CC(O)C(=O)OC(O)O. The molecule has 0 aromatic heterocycles. The molecule has 0 radical (unpaired) electrons. The molecule has 0 aliphatic rings. The Morgan fingerprint density at radius 1 is 1.44 bits per heavy atom. The highest BCUT2D eigenvalue weighted by atomic mass is 16.8. The lowest BCUT2D eigenvalue weighted by Gasteiger charge is -2.06. The Morgan fingerprint density at radius 2 is 1.89 bits per heavy atom. The van der Waals surface area contributed by atoms with Gasteiger partial charge in [0, 0.05) is 0 Å². The number of aliphatic hydroxyl groups is 3. The minimum Gasteiger partial charge on any atom is -0.409 e.